The molecule has 2 rings (SSSR count). The fourth-order valence-electron chi connectivity index (χ4n) is 2.58. The van der Waals surface area contributed by atoms with Crippen LogP contribution in [0.25, 0.3) is 0 Å². The van der Waals surface area contributed by atoms with E-state index in [0.717, 1.165) is 11.1 Å². The van der Waals surface area contributed by atoms with Crippen LogP contribution in [0.2, 0.25) is 0 Å². The molecule has 0 aromatic heterocycles. The SMILES string of the molecule is CC1=C(C#N)[C@@H]2[C@H](C1=NO)C2(C)C. The Balaban J connectivity index is 2.51. The summed E-state index contributed by atoms with van der Waals surface area (Å²) in [6.07, 6.45) is 0. The van der Waals surface area contributed by atoms with E-state index in [9.17, 15) is 0 Å². The second-order valence-electron chi connectivity index (χ2n) is 4.41. The van der Waals surface area contributed by atoms with E-state index >= 15 is 0 Å². The average molecular weight is 176 g/mol. The van der Waals surface area contributed by atoms with Crippen molar-refractivity contribution in [2.24, 2.45) is 22.4 Å². The predicted octanol–water partition coefficient (Wildman–Crippen LogP) is 1.94. The standard InChI is InChI=1S/C10H12N2O/c1-5-6(4-11)7-8(9(5)12-13)10(7,2)3/h7-8,13H,1-3H3/t7-,8-/m1/s1. The summed E-state index contributed by atoms with van der Waals surface area (Å²) in [7, 11) is 0. The first-order chi connectivity index (χ1) is 6.05. The molecule has 0 saturated heterocycles. The summed E-state index contributed by atoms with van der Waals surface area (Å²) in [5.41, 5.74) is 2.51. The average Bonchev–Trinajstić information content (AvgIpc) is 2.52. The molecule has 13 heavy (non-hydrogen) atoms. The minimum absolute atomic E-state index is 0.117. The van der Waals surface area contributed by atoms with Gasteiger partial charge >= 0.3 is 0 Å². The Morgan fingerprint density at radius 2 is 2.08 bits per heavy atom. The molecule has 1 fully saturated rings. The molecule has 0 aliphatic heterocycles. The fourth-order valence-corrected chi connectivity index (χ4v) is 2.58. The summed E-state index contributed by atoms with van der Waals surface area (Å²) in [6.45, 7) is 6.07. The number of nitrogens with zero attached hydrogens (tertiary/aromatic N) is 2. The molecule has 0 heterocycles. The Kier molecular flexibility index (Phi) is 1.37. The molecule has 0 amide bonds. The number of allylic oxidation sites excluding steroid dienone is 2. The van der Waals surface area contributed by atoms with E-state index in [4.69, 9.17) is 10.5 Å². The van der Waals surface area contributed by atoms with Crippen LogP contribution in [0, 0.1) is 28.6 Å². The second kappa shape index (κ2) is 2.14. The molecule has 2 aliphatic carbocycles. The smallest absolute Gasteiger partial charge is 0.0954 e. The summed E-state index contributed by atoms with van der Waals surface area (Å²) in [5.74, 6) is 0.565. The van der Waals surface area contributed by atoms with Crippen LogP contribution in [0.3, 0.4) is 0 Å². The Morgan fingerprint density at radius 3 is 2.38 bits per heavy atom. The molecular formula is C10H12N2O. The summed E-state index contributed by atoms with van der Waals surface area (Å²) in [5, 5.41) is 21.1. The van der Waals surface area contributed by atoms with Crippen molar-refractivity contribution in [1.29, 1.82) is 5.26 Å². The second-order valence-corrected chi connectivity index (χ2v) is 4.41. The Bertz CT molecular complexity index is 371. The van der Waals surface area contributed by atoms with Gasteiger partial charge in [-0.25, -0.2) is 0 Å². The number of rotatable bonds is 0. The molecule has 2 aliphatic rings. The van der Waals surface area contributed by atoms with Crippen molar-refractivity contribution in [2.45, 2.75) is 20.8 Å². The maximum absolute atomic E-state index is 8.93. The molecule has 1 N–H and O–H groups in total. The molecule has 0 bridgehead atoms. The lowest BCUT2D eigenvalue weighted by Crippen LogP contribution is -2.08. The molecule has 0 aromatic carbocycles. The van der Waals surface area contributed by atoms with Crippen LogP contribution in [0.15, 0.2) is 16.3 Å². The van der Waals surface area contributed by atoms with E-state index in [2.05, 4.69) is 25.1 Å². The molecule has 1 saturated carbocycles. The number of fused-ring (bicyclic) bond motifs is 1. The van der Waals surface area contributed by atoms with Gasteiger partial charge < -0.3 is 5.21 Å². The van der Waals surface area contributed by atoms with Crippen LogP contribution >= 0.6 is 0 Å². The quantitative estimate of drug-likeness (QED) is 0.453. The van der Waals surface area contributed by atoms with Crippen LogP contribution in [-0.4, -0.2) is 10.9 Å². The summed E-state index contributed by atoms with van der Waals surface area (Å²) in [6, 6.07) is 2.21. The van der Waals surface area contributed by atoms with Crippen LogP contribution < -0.4 is 0 Å². The minimum Gasteiger partial charge on any atom is -0.411 e. The van der Waals surface area contributed by atoms with Crippen molar-refractivity contribution in [1.82, 2.24) is 0 Å². The van der Waals surface area contributed by atoms with E-state index in [0.29, 0.717) is 11.6 Å². The highest BCUT2D eigenvalue weighted by Crippen LogP contribution is 2.67. The third kappa shape index (κ3) is 0.757. The predicted molar refractivity (Wildman–Crippen MR) is 48.3 cm³/mol. The summed E-state index contributed by atoms with van der Waals surface area (Å²) < 4.78 is 0. The third-order valence-corrected chi connectivity index (χ3v) is 3.45. The van der Waals surface area contributed by atoms with E-state index < -0.39 is 0 Å². The van der Waals surface area contributed by atoms with Crippen molar-refractivity contribution in [3.05, 3.63) is 11.1 Å². The van der Waals surface area contributed by atoms with Gasteiger partial charge in [-0.1, -0.05) is 19.0 Å². The molecule has 0 unspecified atom stereocenters. The van der Waals surface area contributed by atoms with Gasteiger partial charge in [-0.3, -0.25) is 0 Å². The third-order valence-electron chi connectivity index (χ3n) is 3.45. The lowest BCUT2D eigenvalue weighted by Gasteiger charge is -2.09. The van der Waals surface area contributed by atoms with Crippen molar-refractivity contribution < 1.29 is 5.21 Å². The number of nitriles is 1. The maximum Gasteiger partial charge on any atom is 0.0954 e. The van der Waals surface area contributed by atoms with Crippen molar-refractivity contribution in [3.8, 4) is 6.07 Å². The van der Waals surface area contributed by atoms with Crippen molar-refractivity contribution in [2.75, 3.05) is 0 Å². The molecule has 3 heteroatoms. The van der Waals surface area contributed by atoms with Gasteiger partial charge in [-0.05, 0) is 17.9 Å². The van der Waals surface area contributed by atoms with Gasteiger partial charge in [0.25, 0.3) is 0 Å². The van der Waals surface area contributed by atoms with Crippen LogP contribution in [0.1, 0.15) is 20.8 Å². The molecule has 0 aromatic rings. The largest absolute Gasteiger partial charge is 0.411 e. The van der Waals surface area contributed by atoms with Gasteiger partial charge in [-0.15, -0.1) is 0 Å². The zero-order chi connectivity index (χ0) is 9.80. The van der Waals surface area contributed by atoms with Gasteiger partial charge in [0, 0.05) is 17.4 Å². The normalized spacial score (nSPS) is 37.5. The van der Waals surface area contributed by atoms with Crippen LogP contribution in [-0.2, 0) is 0 Å². The Hall–Kier alpha value is -1.30. The fraction of sp³-hybridized carbons (Fsp3) is 0.600. The summed E-state index contributed by atoms with van der Waals surface area (Å²) >= 11 is 0. The lowest BCUT2D eigenvalue weighted by atomic mass is 9.95. The van der Waals surface area contributed by atoms with Crippen LogP contribution in [0.5, 0.6) is 0 Å². The maximum atomic E-state index is 8.93. The van der Waals surface area contributed by atoms with Crippen molar-refractivity contribution in [3.63, 3.8) is 0 Å². The lowest BCUT2D eigenvalue weighted by molar-refractivity contribution is 0.316. The van der Waals surface area contributed by atoms with Gasteiger partial charge in [0.05, 0.1) is 11.8 Å². The van der Waals surface area contributed by atoms with Gasteiger partial charge in [0.1, 0.15) is 0 Å². The first-order valence-electron chi connectivity index (χ1n) is 4.39. The van der Waals surface area contributed by atoms with Gasteiger partial charge in [0.15, 0.2) is 0 Å². The van der Waals surface area contributed by atoms with E-state index in [-0.39, 0.29) is 11.3 Å². The number of hydrogen-bond donors (Lipinski definition) is 1. The molecule has 3 nitrogen and oxygen atoms in total. The summed E-state index contributed by atoms with van der Waals surface area (Å²) in [4.78, 5) is 0. The first kappa shape index (κ1) is 8.31. The van der Waals surface area contributed by atoms with Gasteiger partial charge in [-0.2, -0.15) is 5.26 Å². The number of hydrogen-bond acceptors (Lipinski definition) is 3. The zero-order valence-electron chi connectivity index (χ0n) is 8.00. The van der Waals surface area contributed by atoms with Gasteiger partial charge in [0.2, 0.25) is 0 Å². The van der Waals surface area contributed by atoms with Crippen LogP contribution in [0.4, 0.5) is 0 Å². The Labute approximate surface area is 77.4 Å². The topological polar surface area (TPSA) is 56.4 Å². The monoisotopic (exact) mass is 176 g/mol. The molecule has 0 spiro atoms. The van der Waals surface area contributed by atoms with E-state index in [1.807, 2.05) is 6.92 Å². The molecule has 2 atom stereocenters. The highest BCUT2D eigenvalue weighted by molar-refractivity contribution is 6.08. The molecule has 68 valence electrons. The zero-order valence-corrected chi connectivity index (χ0v) is 8.00. The molecular weight excluding hydrogens is 164 g/mol. The first-order valence-corrected chi connectivity index (χ1v) is 4.39. The van der Waals surface area contributed by atoms with E-state index in [1.165, 1.54) is 0 Å². The highest BCUT2D eigenvalue weighted by Gasteiger charge is 2.66. The van der Waals surface area contributed by atoms with E-state index in [1.54, 1.807) is 0 Å². The molecule has 0 radical (unpaired) electrons. The minimum atomic E-state index is 0.117. The Morgan fingerprint density at radius 1 is 1.46 bits per heavy atom. The highest BCUT2D eigenvalue weighted by atomic mass is 16.4. The number of oxime groups is 1. The van der Waals surface area contributed by atoms with Crippen molar-refractivity contribution >= 4 is 5.71 Å².